The molecule has 0 saturated carbocycles. The van der Waals surface area contributed by atoms with Gasteiger partial charge in [0.1, 0.15) is 17.3 Å². The van der Waals surface area contributed by atoms with Crippen LogP contribution < -0.4 is 14.9 Å². The van der Waals surface area contributed by atoms with Crippen molar-refractivity contribution in [3.8, 4) is 5.75 Å². The number of nitro groups is 1. The molecule has 3 aromatic rings. The zero-order chi connectivity index (χ0) is 23.3. The lowest BCUT2D eigenvalue weighted by molar-refractivity contribution is -0.384. The van der Waals surface area contributed by atoms with Crippen LogP contribution in [0.5, 0.6) is 5.75 Å². The maximum absolute atomic E-state index is 13.8. The largest absolute Gasteiger partial charge is 0.495 e. The number of para-hydroxylation sites is 2. The molecule has 0 aliphatic rings. The number of nitrogens with zero attached hydrogens (tertiary/aromatic N) is 2. The molecule has 0 aliphatic heterocycles. The third-order valence-corrected chi connectivity index (χ3v) is 5.90. The van der Waals surface area contributed by atoms with Gasteiger partial charge in [0.05, 0.1) is 33.9 Å². The molecule has 0 radical (unpaired) electrons. The summed E-state index contributed by atoms with van der Waals surface area (Å²) >= 11 is 5.90. The first-order chi connectivity index (χ1) is 15.2. The molecule has 0 amide bonds. The minimum atomic E-state index is -4.16. The summed E-state index contributed by atoms with van der Waals surface area (Å²) in [5, 5.41) is 15.4. The number of ether oxygens (including phenoxy) is 1. The molecule has 9 nitrogen and oxygen atoms in total. The van der Waals surface area contributed by atoms with Gasteiger partial charge in [-0.25, -0.2) is 12.8 Å². The van der Waals surface area contributed by atoms with Crippen molar-refractivity contribution in [3.63, 3.8) is 0 Å². The molecule has 0 atom stereocenters. The number of rotatable bonds is 8. The average Bonchev–Trinajstić information content (AvgIpc) is 2.75. The summed E-state index contributed by atoms with van der Waals surface area (Å²) in [6.45, 7) is 0. The van der Waals surface area contributed by atoms with E-state index in [1.165, 1.54) is 43.5 Å². The minimum absolute atomic E-state index is 0.00970. The van der Waals surface area contributed by atoms with Crippen molar-refractivity contribution in [2.45, 2.75) is 4.90 Å². The summed E-state index contributed by atoms with van der Waals surface area (Å²) in [5.41, 5.74) is 1.92. The van der Waals surface area contributed by atoms with E-state index in [-0.39, 0.29) is 32.6 Å². The van der Waals surface area contributed by atoms with E-state index in [2.05, 4.69) is 15.2 Å². The van der Waals surface area contributed by atoms with Gasteiger partial charge >= 0.3 is 0 Å². The van der Waals surface area contributed by atoms with Gasteiger partial charge in [-0.3, -0.25) is 20.3 Å². The first kappa shape index (κ1) is 23.0. The normalized spacial score (nSPS) is 11.3. The standard InChI is InChI=1S/C20H16ClFN4O5S/c1-31-20-8-3-2-7-18(20)25-32(29,30)13-9-10-17(19(11-13)26(27)28)24-23-12-14-15(21)5-4-6-16(14)22/h2-12,24-25H,1H3/b23-12+. The highest BCUT2D eigenvalue weighted by molar-refractivity contribution is 7.92. The Morgan fingerprint density at radius 3 is 2.56 bits per heavy atom. The van der Waals surface area contributed by atoms with E-state index >= 15 is 0 Å². The van der Waals surface area contributed by atoms with Gasteiger partial charge in [-0.05, 0) is 36.4 Å². The fourth-order valence-corrected chi connectivity index (χ4v) is 3.96. The number of nitro benzene ring substituents is 1. The van der Waals surface area contributed by atoms with E-state index in [4.69, 9.17) is 16.3 Å². The fraction of sp³-hybridized carbons (Fsp3) is 0.0500. The second-order valence-corrected chi connectivity index (χ2v) is 8.34. The van der Waals surface area contributed by atoms with Crippen molar-refractivity contribution in [3.05, 3.63) is 87.2 Å². The lowest BCUT2D eigenvalue weighted by atomic mass is 10.2. The highest BCUT2D eigenvalue weighted by Crippen LogP contribution is 2.30. The second kappa shape index (κ2) is 9.62. The van der Waals surface area contributed by atoms with Gasteiger partial charge < -0.3 is 4.74 Å². The molecule has 3 aromatic carbocycles. The minimum Gasteiger partial charge on any atom is -0.495 e. The van der Waals surface area contributed by atoms with Crippen molar-refractivity contribution in [1.29, 1.82) is 0 Å². The Morgan fingerprint density at radius 2 is 1.88 bits per heavy atom. The molecule has 0 saturated heterocycles. The molecule has 0 fully saturated rings. The predicted molar refractivity (Wildman–Crippen MR) is 120 cm³/mol. The number of methoxy groups -OCH3 is 1. The van der Waals surface area contributed by atoms with Crippen LogP contribution in [0, 0.1) is 15.9 Å². The molecule has 3 rings (SSSR count). The lowest BCUT2D eigenvalue weighted by Gasteiger charge is -2.12. The monoisotopic (exact) mass is 478 g/mol. The van der Waals surface area contributed by atoms with Gasteiger partial charge in [-0.15, -0.1) is 0 Å². The zero-order valence-corrected chi connectivity index (χ0v) is 18.0. The Hall–Kier alpha value is -3.70. The van der Waals surface area contributed by atoms with Crippen LogP contribution in [0.1, 0.15) is 5.56 Å². The van der Waals surface area contributed by atoms with Gasteiger partial charge in [-0.2, -0.15) is 5.10 Å². The van der Waals surface area contributed by atoms with Crippen molar-refractivity contribution in [2.75, 3.05) is 17.3 Å². The maximum atomic E-state index is 13.8. The summed E-state index contributed by atoms with van der Waals surface area (Å²) in [6, 6.07) is 13.6. The number of hydrazone groups is 1. The quantitative estimate of drug-likeness (QED) is 0.276. The van der Waals surface area contributed by atoms with Gasteiger partial charge in [-0.1, -0.05) is 29.8 Å². The number of benzene rings is 3. The Labute approximate surface area is 187 Å². The van der Waals surface area contributed by atoms with E-state index in [0.29, 0.717) is 0 Å². The molecular weight excluding hydrogens is 463 g/mol. The lowest BCUT2D eigenvalue weighted by Crippen LogP contribution is -2.14. The van der Waals surface area contributed by atoms with E-state index in [0.717, 1.165) is 12.3 Å². The number of sulfonamides is 1. The first-order valence-electron chi connectivity index (χ1n) is 8.90. The van der Waals surface area contributed by atoms with E-state index in [1.54, 1.807) is 18.2 Å². The Kier molecular flexibility index (Phi) is 6.91. The molecule has 0 heterocycles. The molecule has 2 N–H and O–H groups in total. The van der Waals surface area contributed by atoms with Crippen molar-refractivity contribution in [2.24, 2.45) is 5.10 Å². The second-order valence-electron chi connectivity index (χ2n) is 6.25. The van der Waals surface area contributed by atoms with E-state index < -0.39 is 26.5 Å². The fourth-order valence-electron chi connectivity index (χ4n) is 2.66. The van der Waals surface area contributed by atoms with Crippen LogP contribution in [0.2, 0.25) is 5.02 Å². The summed E-state index contributed by atoms with van der Waals surface area (Å²) in [7, 11) is -2.78. The number of nitrogens with one attached hydrogen (secondary N) is 2. The predicted octanol–water partition coefficient (Wildman–Crippen LogP) is 4.64. The zero-order valence-electron chi connectivity index (χ0n) is 16.5. The Balaban J connectivity index is 1.89. The molecular formula is C20H16ClFN4O5S. The number of anilines is 2. The number of hydrogen-bond acceptors (Lipinski definition) is 7. The molecule has 166 valence electrons. The van der Waals surface area contributed by atoms with Crippen molar-refractivity contribution >= 4 is 44.9 Å². The Morgan fingerprint density at radius 1 is 1.12 bits per heavy atom. The smallest absolute Gasteiger partial charge is 0.295 e. The molecule has 32 heavy (non-hydrogen) atoms. The van der Waals surface area contributed by atoms with Crippen molar-refractivity contribution in [1.82, 2.24) is 0 Å². The third-order valence-electron chi connectivity index (χ3n) is 4.21. The topological polar surface area (TPSA) is 123 Å². The first-order valence-corrected chi connectivity index (χ1v) is 10.8. The van der Waals surface area contributed by atoms with Gasteiger partial charge in [0.2, 0.25) is 0 Å². The van der Waals surface area contributed by atoms with Crippen LogP contribution in [-0.4, -0.2) is 26.7 Å². The van der Waals surface area contributed by atoms with Crippen molar-refractivity contribution < 1.29 is 22.5 Å². The summed E-state index contributed by atoms with van der Waals surface area (Å²) in [5.74, 6) is -0.341. The van der Waals surface area contributed by atoms with E-state index in [1.807, 2.05) is 0 Å². The highest BCUT2D eigenvalue weighted by atomic mass is 35.5. The van der Waals surface area contributed by atoms with Crippen LogP contribution in [0.15, 0.2) is 70.7 Å². The molecule has 0 unspecified atom stereocenters. The highest BCUT2D eigenvalue weighted by Gasteiger charge is 2.22. The molecule has 0 bridgehead atoms. The van der Waals surface area contributed by atoms with Gasteiger partial charge in [0, 0.05) is 11.6 Å². The summed E-state index contributed by atoms with van der Waals surface area (Å²) < 4.78 is 46.7. The van der Waals surface area contributed by atoms with Crippen LogP contribution in [0.4, 0.5) is 21.5 Å². The molecule has 0 aromatic heterocycles. The Bertz CT molecular complexity index is 1280. The van der Waals surface area contributed by atoms with Crippen LogP contribution in [-0.2, 0) is 10.0 Å². The SMILES string of the molecule is COc1ccccc1NS(=O)(=O)c1ccc(N/N=C/c2c(F)cccc2Cl)c([N+](=O)[O-])c1. The maximum Gasteiger partial charge on any atom is 0.295 e. The number of halogens is 2. The number of hydrogen-bond donors (Lipinski definition) is 2. The molecule has 12 heteroatoms. The third kappa shape index (κ3) is 5.13. The van der Waals surface area contributed by atoms with E-state index in [9.17, 15) is 22.9 Å². The summed E-state index contributed by atoms with van der Waals surface area (Å²) in [6.07, 6.45) is 1.06. The molecule has 0 aliphatic carbocycles. The average molecular weight is 479 g/mol. The summed E-state index contributed by atoms with van der Waals surface area (Å²) in [4.78, 5) is 10.4. The van der Waals surface area contributed by atoms with Crippen LogP contribution in [0.25, 0.3) is 0 Å². The van der Waals surface area contributed by atoms with Gasteiger partial charge in [0.15, 0.2) is 0 Å². The van der Waals surface area contributed by atoms with Gasteiger partial charge in [0.25, 0.3) is 15.7 Å². The molecule has 0 spiro atoms. The van der Waals surface area contributed by atoms with Crippen LogP contribution in [0.3, 0.4) is 0 Å². The van der Waals surface area contributed by atoms with Crippen LogP contribution >= 0.6 is 11.6 Å².